The van der Waals surface area contributed by atoms with E-state index in [4.69, 9.17) is 0 Å². The van der Waals surface area contributed by atoms with Crippen LogP contribution in [0.2, 0.25) is 0 Å². The summed E-state index contributed by atoms with van der Waals surface area (Å²) in [5.41, 5.74) is 2.13. The van der Waals surface area contributed by atoms with E-state index in [2.05, 4.69) is 0 Å². The fourth-order valence-corrected chi connectivity index (χ4v) is 3.76. The van der Waals surface area contributed by atoms with Crippen molar-refractivity contribution in [1.29, 1.82) is 0 Å². The lowest BCUT2D eigenvalue weighted by atomic mass is 10.1. The minimum Gasteiger partial charge on any atom is -0.335 e. The van der Waals surface area contributed by atoms with E-state index in [9.17, 15) is 14.4 Å². The molecule has 2 aromatic carbocycles. The summed E-state index contributed by atoms with van der Waals surface area (Å²) < 4.78 is 0. The van der Waals surface area contributed by atoms with Crippen molar-refractivity contribution in [1.82, 2.24) is 9.80 Å². The predicted octanol–water partition coefficient (Wildman–Crippen LogP) is 2.41. The molecule has 2 aromatic rings. The molecule has 2 saturated heterocycles. The van der Waals surface area contributed by atoms with Gasteiger partial charge in [-0.3, -0.25) is 14.4 Å². The molecular formula is C22H23N3O3. The van der Waals surface area contributed by atoms with Gasteiger partial charge in [-0.1, -0.05) is 18.2 Å². The zero-order chi connectivity index (χ0) is 19.5. The quantitative estimate of drug-likeness (QED) is 0.825. The van der Waals surface area contributed by atoms with Crippen molar-refractivity contribution in [3.8, 4) is 0 Å². The van der Waals surface area contributed by atoms with Gasteiger partial charge in [0.2, 0.25) is 5.91 Å². The van der Waals surface area contributed by atoms with Gasteiger partial charge in [0.25, 0.3) is 11.8 Å². The second-order valence-electron chi connectivity index (χ2n) is 7.15. The molecule has 0 spiro atoms. The maximum atomic E-state index is 12.8. The van der Waals surface area contributed by atoms with Gasteiger partial charge in [0.05, 0.1) is 0 Å². The zero-order valence-electron chi connectivity index (χ0n) is 15.7. The van der Waals surface area contributed by atoms with Crippen LogP contribution in [0.15, 0.2) is 54.6 Å². The molecule has 28 heavy (non-hydrogen) atoms. The fourth-order valence-electron chi connectivity index (χ4n) is 3.76. The number of benzene rings is 2. The summed E-state index contributed by atoms with van der Waals surface area (Å²) in [7, 11) is 0. The van der Waals surface area contributed by atoms with Crippen LogP contribution in [0.4, 0.5) is 5.69 Å². The van der Waals surface area contributed by atoms with Crippen molar-refractivity contribution >= 4 is 23.4 Å². The van der Waals surface area contributed by atoms with E-state index in [-0.39, 0.29) is 17.7 Å². The van der Waals surface area contributed by atoms with E-state index < -0.39 is 0 Å². The Morgan fingerprint density at radius 2 is 1.21 bits per heavy atom. The van der Waals surface area contributed by atoms with Crippen LogP contribution >= 0.6 is 0 Å². The summed E-state index contributed by atoms with van der Waals surface area (Å²) in [5.74, 6) is 0.108. The van der Waals surface area contributed by atoms with Gasteiger partial charge in [0.1, 0.15) is 0 Å². The van der Waals surface area contributed by atoms with Gasteiger partial charge in [-0.15, -0.1) is 0 Å². The van der Waals surface area contributed by atoms with Gasteiger partial charge in [-0.05, 0) is 42.8 Å². The number of carbonyl (C=O) groups is 3. The molecule has 0 saturated carbocycles. The van der Waals surface area contributed by atoms with Crippen molar-refractivity contribution in [3.05, 3.63) is 65.7 Å². The van der Waals surface area contributed by atoms with Crippen LogP contribution < -0.4 is 4.90 Å². The third-order valence-corrected chi connectivity index (χ3v) is 5.37. The summed E-state index contributed by atoms with van der Waals surface area (Å²) in [4.78, 5) is 42.5. The van der Waals surface area contributed by atoms with E-state index in [1.54, 1.807) is 26.8 Å². The number of nitrogens with zero attached hydrogens (tertiary/aromatic N) is 3. The standard InChI is InChI=1S/C22H23N3O3/c26-20-7-4-12-25(20)19-10-8-18(9-11-19)22(28)24-15-13-23(14-16-24)21(27)17-5-2-1-3-6-17/h1-3,5-6,8-11H,4,7,12-16H2. The maximum absolute atomic E-state index is 12.8. The number of anilines is 1. The van der Waals surface area contributed by atoms with Gasteiger partial charge in [0, 0.05) is 56.0 Å². The van der Waals surface area contributed by atoms with Crippen molar-refractivity contribution in [2.45, 2.75) is 12.8 Å². The van der Waals surface area contributed by atoms with E-state index in [1.807, 2.05) is 42.5 Å². The topological polar surface area (TPSA) is 60.9 Å². The van der Waals surface area contributed by atoms with E-state index in [0.717, 1.165) is 18.7 Å². The van der Waals surface area contributed by atoms with Crippen LogP contribution in [-0.4, -0.2) is 60.2 Å². The van der Waals surface area contributed by atoms with E-state index >= 15 is 0 Å². The van der Waals surface area contributed by atoms with Crippen LogP contribution in [0, 0.1) is 0 Å². The molecule has 3 amide bonds. The molecule has 2 fully saturated rings. The molecule has 0 bridgehead atoms. The summed E-state index contributed by atoms with van der Waals surface area (Å²) in [6.07, 6.45) is 1.47. The number of piperazine rings is 1. The first kappa shape index (κ1) is 18.2. The Hall–Kier alpha value is -3.15. The van der Waals surface area contributed by atoms with Gasteiger partial charge < -0.3 is 14.7 Å². The summed E-state index contributed by atoms with van der Waals surface area (Å²) in [5, 5.41) is 0. The van der Waals surface area contributed by atoms with Crippen molar-refractivity contribution in [3.63, 3.8) is 0 Å². The van der Waals surface area contributed by atoms with Crippen LogP contribution in [0.1, 0.15) is 33.6 Å². The molecule has 0 unspecified atom stereocenters. The third-order valence-electron chi connectivity index (χ3n) is 5.37. The predicted molar refractivity (Wildman–Crippen MR) is 106 cm³/mol. The molecular weight excluding hydrogens is 354 g/mol. The lowest BCUT2D eigenvalue weighted by molar-refractivity contribution is -0.117. The summed E-state index contributed by atoms with van der Waals surface area (Å²) in [6.45, 7) is 2.83. The number of hydrogen-bond donors (Lipinski definition) is 0. The highest BCUT2D eigenvalue weighted by atomic mass is 16.2. The number of amides is 3. The SMILES string of the molecule is O=C(c1ccccc1)N1CCN(C(=O)c2ccc(N3CCCC3=O)cc2)CC1. The van der Waals surface area contributed by atoms with Crippen molar-refractivity contribution < 1.29 is 14.4 Å². The molecule has 2 heterocycles. The Morgan fingerprint density at radius 3 is 1.71 bits per heavy atom. The Labute approximate surface area is 164 Å². The minimum absolute atomic E-state index is 0.00679. The van der Waals surface area contributed by atoms with Crippen molar-refractivity contribution in [2.24, 2.45) is 0 Å². The highest BCUT2D eigenvalue weighted by molar-refractivity contribution is 5.98. The highest BCUT2D eigenvalue weighted by Crippen LogP contribution is 2.22. The highest BCUT2D eigenvalue weighted by Gasteiger charge is 2.26. The molecule has 4 rings (SSSR count). The molecule has 144 valence electrons. The fraction of sp³-hybridized carbons (Fsp3) is 0.318. The van der Waals surface area contributed by atoms with Crippen LogP contribution in [0.25, 0.3) is 0 Å². The van der Waals surface area contributed by atoms with Gasteiger partial charge in [-0.2, -0.15) is 0 Å². The summed E-state index contributed by atoms with van der Waals surface area (Å²) in [6, 6.07) is 16.5. The van der Waals surface area contributed by atoms with Crippen LogP contribution in [0.5, 0.6) is 0 Å². The molecule has 0 N–H and O–H groups in total. The lowest BCUT2D eigenvalue weighted by Crippen LogP contribution is -2.50. The molecule has 2 aliphatic heterocycles. The molecule has 0 atom stereocenters. The lowest BCUT2D eigenvalue weighted by Gasteiger charge is -2.35. The Balaban J connectivity index is 1.36. The Bertz CT molecular complexity index is 872. The summed E-state index contributed by atoms with van der Waals surface area (Å²) >= 11 is 0. The average molecular weight is 377 g/mol. The molecule has 0 aliphatic carbocycles. The molecule has 6 nitrogen and oxygen atoms in total. The Morgan fingerprint density at radius 1 is 0.679 bits per heavy atom. The second kappa shape index (κ2) is 7.84. The first-order valence-corrected chi connectivity index (χ1v) is 9.67. The first-order valence-electron chi connectivity index (χ1n) is 9.67. The number of rotatable bonds is 3. The number of hydrogen-bond acceptors (Lipinski definition) is 3. The molecule has 0 radical (unpaired) electrons. The average Bonchev–Trinajstić information content (AvgIpc) is 3.19. The van der Waals surface area contributed by atoms with Crippen LogP contribution in [-0.2, 0) is 4.79 Å². The molecule has 6 heteroatoms. The smallest absolute Gasteiger partial charge is 0.253 e. The largest absolute Gasteiger partial charge is 0.335 e. The van der Waals surface area contributed by atoms with E-state index in [1.165, 1.54) is 0 Å². The Kier molecular flexibility index (Phi) is 5.10. The van der Waals surface area contributed by atoms with E-state index in [0.29, 0.717) is 43.7 Å². The van der Waals surface area contributed by atoms with Gasteiger partial charge >= 0.3 is 0 Å². The van der Waals surface area contributed by atoms with Crippen molar-refractivity contribution in [2.75, 3.05) is 37.6 Å². The second-order valence-corrected chi connectivity index (χ2v) is 7.15. The monoisotopic (exact) mass is 377 g/mol. The maximum Gasteiger partial charge on any atom is 0.253 e. The van der Waals surface area contributed by atoms with Gasteiger partial charge in [-0.25, -0.2) is 0 Å². The number of carbonyl (C=O) groups excluding carboxylic acids is 3. The first-order chi connectivity index (χ1) is 13.6. The van der Waals surface area contributed by atoms with Gasteiger partial charge in [0.15, 0.2) is 0 Å². The van der Waals surface area contributed by atoms with Crippen LogP contribution in [0.3, 0.4) is 0 Å². The third kappa shape index (κ3) is 3.63. The normalized spacial score (nSPS) is 17.1. The molecule has 0 aromatic heterocycles. The zero-order valence-corrected chi connectivity index (χ0v) is 15.7. The minimum atomic E-state index is -0.0360. The molecule has 2 aliphatic rings.